The molecule has 2 aromatic carbocycles. The van der Waals surface area contributed by atoms with Crippen molar-refractivity contribution in [2.45, 2.75) is 38.5 Å². The standard InChI is InChI=1S/C24H26N4O/c29-24(15-18-7-3-1-4-8-18)28-21-13-11-20(12-14-21)27-23-16-22(25-17-26-23)19-9-5-2-6-10-19/h2,5-6,9-14,16-18H,1,3-4,7-8,15H2,(H,28,29)(H,25,26,27). The molecule has 2 N–H and O–H groups in total. The molecule has 1 aromatic heterocycles. The van der Waals surface area contributed by atoms with Crippen molar-refractivity contribution in [1.29, 1.82) is 0 Å². The van der Waals surface area contributed by atoms with Crippen molar-refractivity contribution >= 4 is 23.1 Å². The molecule has 3 aromatic rings. The Labute approximate surface area is 171 Å². The number of carbonyl (C=O) groups is 1. The fraction of sp³-hybridized carbons (Fsp3) is 0.292. The summed E-state index contributed by atoms with van der Waals surface area (Å²) in [5.41, 5.74) is 3.65. The Balaban J connectivity index is 1.35. The second-order valence-electron chi connectivity index (χ2n) is 7.61. The molecule has 0 aliphatic heterocycles. The Morgan fingerprint density at radius 1 is 0.897 bits per heavy atom. The molecule has 148 valence electrons. The normalized spacial score (nSPS) is 14.3. The average Bonchev–Trinajstić information content (AvgIpc) is 2.77. The molecule has 1 aliphatic rings. The maximum absolute atomic E-state index is 12.3. The summed E-state index contributed by atoms with van der Waals surface area (Å²) in [5.74, 6) is 1.38. The number of rotatable bonds is 6. The summed E-state index contributed by atoms with van der Waals surface area (Å²) in [6, 6.07) is 19.7. The lowest BCUT2D eigenvalue weighted by Crippen LogP contribution is -2.18. The molecule has 5 heteroatoms. The first kappa shape index (κ1) is 19.1. The van der Waals surface area contributed by atoms with E-state index in [1.54, 1.807) is 6.33 Å². The number of aromatic nitrogens is 2. The van der Waals surface area contributed by atoms with Crippen molar-refractivity contribution < 1.29 is 4.79 Å². The van der Waals surface area contributed by atoms with Gasteiger partial charge < -0.3 is 10.6 Å². The van der Waals surface area contributed by atoms with Crippen LogP contribution in [0.5, 0.6) is 0 Å². The van der Waals surface area contributed by atoms with Crippen molar-refractivity contribution in [3.05, 3.63) is 67.0 Å². The van der Waals surface area contributed by atoms with Gasteiger partial charge in [-0.2, -0.15) is 0 Å². The molecule has 1 heterocycles. The van der Waals surface area contributed by atoms with Crippen LogP contribution in [0.25, 0.3) is 11.3 Å². The number of carbonyl (C=O) groups excluding carboxylic acids is 1. The molecule has 0 bridgehead atoms. The third kappa shape index (κ3) is 5.41. The SMILES string of the molecule is O=C(CC1CCCCC1)Nc1ccc(Nc2cc(-c3ccccc3)ncn2)cc1. The first-order valence-electron chi connectivity index (χ1n) is 10.3. The molecule has 4 rings (SSSR count). The van der Waals surface area contributed by atoms with Gasteiger partial charge in [0, 0.05) is 29.4 Å². The molecular formula is C24H26N4O. The molecule has 5 nitrogen and oxygen atoms in total. The van der Waals surface area contributed by atoms with Crippen LogP contribution in [0.3, 0.4) is 0 Å². The lowest BCUT2D eigenvalue weighted by Gasteiger charge is -2.20. The lowest BCUT2D eigenvalue weighted by atomic mass is 9.87. The number of hydrogen-bond donors (Lipinski definition) is 2. The van der Waals surface area contributed by atoms with E-state index in [-0.39, 0.29) is 5.91 Å². The predicted molar refractivity (Wildman–Crippen MR) is 117 cm³/mol. The van der Waals surface area contributed by atoms with Crippen molar-refractivity contribution in [3.63, 3.8) is 0 Å². The minimum absolute atomic E-state index is 0.112. The summed E-state index contributed by atoms with van der Waals surface area (Å²) >= 11 is 0. The second kappa shape index (κ2) is 9.32. The summed E-state index contributed by atoms with van der Waals surface area (Å²) in [5, 5.41) is 6.32. The molecule has 1 fully saturated rings. The zero-order valence-corrected chi connectivity index (χ0v) is 16.5. The highest BCUT2D eigenvalue weighted by atomic mass is 16.1. The maximum atomic E-state index is 12.3. The average molecular weight is 386 g/mol. The van der Waals surface area contributed by atoms with Gasteiger partial charge in [-0.05, 0) is 43.0 Å². The van der Waals surface area contributed by atoms with Crippen LogP contribution < -0.4 is 10.6 Å². The zero-order valence-electron chi connectivity index (χ0n) is 16.5. The number of nitrogens with zero attached hydrogens (tertiary/aromatic N) is 2. The quantitative estimate of drug-likeness (QED) is 0.562. The molecule has 1 amide bonds. The fourth-order valence-electron chi connectivity index (χ4n) is 3.84. The largest absolute Gasteiger partial charge is 0.340 e. The molecule has 0 unspecified atom stereocenters. The molecule has 29 heavy (non-hydrogen) atoms. The number of anilines is 3. The smallest absolute Gasteiger partial charge is 0.224 e. The van der Waals surface area contributed by atoms with Gasteiger partial charge in [-0.3, -0.25) is 4.79 Å². The number of hydrogen-bond acceptors (Lipinski definition) is 4. The Kier molecular flexibility index (Phi) is 6.15. The third-order valence-electron chi connectivity index (χ3n) is 5.38. The number of benzene rings is 2. The molecule has 1 aliphatic carbocycles. The first-order valence-corrected chi connectivity index (χ1v) is 10.3. The van der Waals surface area contributed by atoms with E-state index in [9.17, 15) is 4.79 Å². The highest BCUT2D eigenvalue weighted by molar-refractivity contribution is 5.91. The topological polar surface area (TPSA) is 66.9 Å². The minimum atomic E-state index is 0.112. The summed E-state index contributed by atoms with van der Waals surface area (Å²) < 4.78 is 0. The van der Waals surface area contributed by atoms with Gasteiger partial charge in [0.05, 0.1) is 5.69 Å². The van der Waals surface area contributed by atoms with E-state index < -0.39 is 0 Å². The Morgan fingerprint density at radius 3 is 2.38 bits per heavy atom. The lowest BCUT2D eigenvalue weighted by molar-refractivity contribution is -0.117. The molecule has 0 radical (unpaired) electrons. The van der Waals surface area contributed by atoms with E-state index in [1.807, 2.05) is 60.7 Å². The Hall–Kier alpha value is -3.21. The van der Waals surface area contributed by atoms with Gasteiger partial charge in [0.1, 0.15) is 12.1 Å². The van der Waals surface area contributed by atoms with E-state index in [0.29, 0.717) is 12.3 Å². The second-order valence-corrected chi connectivity index (χ2v) is 7.61. The van der Waals surface area contributed by atoms with Crippen LogP contribution in [0.1, 0.15) is 38.5 Å². The predicted octanol–water partition coefficient (Wildman–Crippen LogP) is 5.80. The van der Waals surface area contributed by atoms with Crippen LogP contribution in [0.2, 0.25) is 0 Å². The van der Waals surface area contributed by atoms with Crippen LogP contribution in [-0.4, -0.2) is 15.9 Å². The molecular weight excluding hydrogens is 360 g/mol. The monoisotopic (exact) mass is 386 g/mol. The van der Waals surface area contributed by atoms with Crippen LogP contribution in [0.15, 0.2) is 67.0 Å². The van der Waals surface area contributed by atoms with Crippen molar-refractivity contribution in [2.24, 2.45) is 5.92 Å². The van der Waals surface area contributed by atoms with E-state index in [4.69, 9.17) is 0 Å². The van der Waals surface area contributed by atoms with Gasteiger partial charge >= 0.3 is 0 Å². The van der Waals surface area contributed by atoms with E-state index >= 15 is 0 Å². The number of nitrogens with one attached hydrogen (secondary N) is 2. The fourth-order valence-corrected chi connectivity index (χ4v) is 3.84. The third-order valence-corrected chi connectivity index (χ3v) is 5.38. The molecule has 0 spiro atoms. The molecule has 0 saturated heterocycles. The molecule has 1 saturated carbocycles. The van der Waals surface area contributed by atoms with Crippen LogP contribution in [0, 0.1) is 5.92 Å². The highest BCUT2D eigenvalue weighted by Gasteiger charge is 2.17. The molecule has 0 atom stereocenters. The zero-order chi connectivity index (χ0) is 19.9. The maximum Gasteiger partial charge on any atom is 0.224 e. The summed E-state index contributed by atoms with van der Waals surface area (Å²) in [6.45, 7) is 0. The van der Waals surface area contributed by atoms with Gasteiger partial charge in [0.25, 0.3) is 0 Å². The minimum Gasteiger partial charge on any atom is -0.340 e. The van der Waals surface area contributed by atoms with Crippen LogP contribution >= 0.6 is 0 Å². The van der Waals surface area contributed by atoms with Gasteiger partial charge in [-0.15, -0.1) is 0 Å². The van der Waals surface area contributed by atoms with Crippen LogP contribution in [0.4, 0.5) is 17.2 Å². The van der Waals surface area contributed by atoms with Gasteiger partial charge in [-0.1, -0.05) is 49.6 Å². The van der Waals surface area contributed by atoms with E-state index in [1.165, 1.54) is 32.1 Å². The van der Waals surface area contributed by atoms with Crippen molar-refractivity contribution in [1.82, 2.24) is 9.97 Å². The number of amides is 1. The Bertz CT molecular complexity index is 935. The highest BCUT2D eigenvalue weighted by Crippen LogP contribution is 2.27. The van der Waals surface area contributed by atoms with Crippen molar-refractivity contribution in [3.8, 4) is 11.3 Å². The van der Waals surface area contributed by atoms with Gasteiger partial charge in [-0.25, -0.2) is 9.97 Å². The summed E-state index contributed by atoms with van der Waals surface area (Å²) in [4.78, 5) is 20.9. The van der Waals surface area contributed by atoms with Gasteiger partial charge in [0.2, 0.25) is 5.91 Å². The van der Waals surface area contributed by atoms with Crippen LogP contribution in [-0.2, 0) is 4.79 Å². The van der Waals surface area contributed by atoms with E-state index in [2.05, 4.69) is 20.6 Å². The first-order chi connectivity index (χ1) is 14.3. The van der Waals surface area contributed by atoms with Crippen molar-refractivity contribution in [2.75, 3.05) is 10.6 Å². The Morgan fingerprint density at radius 2 is 1.62 bits per heavy atom. The van der Waals surface area contributed by atoms with Gasteiger partial charge in [0.15, 0.2) is 0 Å². The van der Waals surface area contributed by atoms with E-state index in [0.717, 1.165) is 28.5 Å². The summed E-state index contributed by atoms with van der Waals surface area (Å²) in [6.07, 6.45) is 8.38. The summed E-state index contributed by atoms with van der Waals surface area (Å²) in [7, 11) is 0.